The number of benzene rings is 1. The summed E-state index contributed by atoms with van der Waals surface area (Å²) in [5, 5.41) is 0. The van der Waals surface area contributed by atoms with Crippen molar-refractivity contribution in [3.63, 3.8) is 0 Å². The Morgan fingerprint density at radius 1 is 1.44 bits per heavy atom. The summed E-state index contributed by atoms with van der Waals surface area (Å²) in [5.41, 5.74) is 2.86. The van der Waals surface area contributed by atoms with Gasteiger partial charge in [-0.15, -0.1) is 0 Å². The molecule has 2 nitrogen and oxygen atoms in total. The van der Waals surface area contributed by atoms with Gasteiger partial charge in [-0.1, -0.05) is 19.1 Å². The third kappa shape index (κ3) is 2.52. The number of H-pyrrole nitrogens is 1. The van der Waals surface area contributed by atoms with Gasteiger partial charge < -0.3 is 4.98 Å². The Labute approximate surface area is 118 Å². The lowest BCUT2D eigenvalue weighted by Crippen LogP contribution is -1.99. The first-order valence-corrected chi connectivity index (χ1v) is 6.78. The van der Waals surface area contributed by atoms with Gasteiger partial charge in [-0.05, 0) is 47.5 Å². The molecule has 0 saturated carbocycles. The van der Waals surface area contributed by atoms with E-state index in [0.717, 1.165) is 23.2 Å². The number of rotatable bonds is 2. The van der Waals surface area contributed by atoms with Crippen LogP contribution >= 0.6 is 28.1 Å². The van der Waals surface area contributed by atoms with Crippen LogP contribution in [0.1, 0.15) is 18.2 Å². The summed E-state index contributed by atoms with van der Waals surface area (Å²) < 4.78 is 14.2. The van der Waals surface area contributed by atoms with Crippen LogP contribution in [-0.2, 0) is 6.42 Å². The lowest BCUT2D eigenvalue weighted by molar-refractivity contribution is 0.621. The van der Waals surface area contributed by atoms with Crippen molar-refractivity contribution in [2.45, 2.75) is 20.3 Å². The number of nitrogens with one attached hydrogen (secondary N) is 1. The Bertz CT molecular complexity index is 652. The van der Waals surface area contributed by atoms with Gasteiger partial charge in [0, 0.05) is 16.8 Å². The van der Waals surface area contributed by atoms with Gasteiger partial charge in [0.2, 0.25) is 0 Å². The normalized spacial score (nSPS) is 10.7. The van der Waals surface area contributed by atoms with Crippen LogP contribution in [0.5, 0.6) is 0 Å². The second-order valence-corrected chi connectivity index (χ2v) is 5.22. The molecule has 0 unspecified atom stereocenters. The van der Waals surface area contributed by atoms with Crippen LogP contribution in [0.25, 0.3) is 11.4 Å². The molecule has 94 valence electrons. The molecule has 1 aromatic carbocycles. The fourth-order valence-electron chi connectivity index (χ4n) is 1.81. The van der Waals surface area contributed by atoms with Crippen molar-refractivity contribution in [3.8, 4) is 11.4 Å². The van der Waals surface area contributed by atoms with E-state index < -0.39 is 0 Å². The van der Waals surface area contributed by atoms with E-state index in [9.17, 15) is 4.39 Å². The third-order valence-electron chi connectivity index (χ3n) is 2.78. The Balaban J connectivity index is 2.58. The van der Waals surface area contributed by atoms with E-state index in [0.29, 0.717) is 14.9 Å². The van der Waals surface area contributed by atoms with Crippen LogP contribution in [0.2, 0.25) is 0 Å². The second kappa shape index (κ2) is 5.28. The van der Waals surface area contributed by atoms with E-state index in [2.05, 4.69) is 25.9 Å². The molecule has 0 aliphatic carbocycles. The average Bonchev–Trinajstić information content (AvgIpc) is 2.32. The summed E-state index contributed by atoms with van der Waals surface area (Å²) in [7, 11) is 0. The van der Waals surface area contributed by atoms with Crippen LogP contribution in [0.3, 0.4) is 0 Å². The van der Waals surface area contributed by atoms with Crippen molar-refractivity contribution in [2.75, 3.05) is 0 Å². The van der Waals surface area contributed by atoms with E-state index in [4.69, 9.17) is 12.2 Å². The molecule has 1 N–H and O–H groups in total. The zero-order chi connectivity index (χ0) is 13.3. The van der Waals surface area contributed by atoms with Crippen LogP contribution < -0.4 is 0 Å². The molecular weight excluding hydrogens is 315 g/mol. The standard InChI is InChI=1S/C13H12BrFN2S/c1-3-9-7(2)16-12(17-13(9)18)8-4-5-11(15)10(14)6-8/h4-6H,3H2,1-2H3,(H,16,17,18). The van der Waals surface area contributed by atoms with Crippen LogP contribution in [0, 0.1) is 17.4 Å². The summed E-state index contributed by atoms with van der Waals surface area (Å²) in [6.07, 6.45) is 0.849. The minimum atomic E-state index is -0.292. The monoisotopic (exact) mass is 326 g/mol. The largest absolute Gasteiger partial charge is 0.343 e. The summed E-state index contributed by atoms with van der Waals surface area (Å²) in [6.45, 7) is 4.01. The molecule has 1 heterocycles. The first-order chi connectivity index (χ1) is 8.52. The number of halogens is 2. The quantitative estimate of drug-likeness (QED) is 0.818. The molecule has 0 aliphatic rings. The van der Waals surface area contributed by atoms with Crippen LogP contribution in [-0.4, -0.2) is 9.97 Å². The number of hydrogen-bond donors (Lipinski definition) is 1. The Kier molecular flexibility index (Phi) is 3.92. The van der Waals surface area contributed by atoms with Gasteiger partial charge in [0.1, 0.15) is 16.3 Å². The smallest absolute Gasteiger partial charge is 0.139 e. The predicted molar refractivity (Wildman–Crippen MR) is 76.6 cm³/mol. The maximum Gasteiger partial charge on any atom is 0.139 e. The highest BCUT2D eigenvalue weighted by Crippen LogP contribution is 2.23. The van der Waals surface area contributed by atoms with E-state index >= 15 is 0 Å². The lowest BCUT2D eigenvalue weighted by atomic mass is 10.1. The van der Waals surface area contributed by atoms with Gasteiger partial charge in [0.05, 0.1) is 4.47 Å². The maximum atomic E-state index is 13.2. The SMILES string of the molecule is CCc1c(C)[nH]c(-c2ccc(F)c(Br)c2)nc1=S. The number of hydrogen-bond acceptors (Lipinski definition) is 2. The Morgan fingerprint density at radius 2 is 2.17 bits per heavy atom. The highest BCUT2D eigenvalue weighted by molar-refractivity contribution is 9.10. The first kappa shape index (κ1) is 13.4. The fourth-order valence-corrected chi connectivity index (χ4v) is 2.57. The average molecular weight is 327 g/mol. The van der Waals surface area contributed by atoms with Gasteiger partial charge in [0.25, 0.3) is 0 Å². The molecule has 18 heavy (non-hydrogen) atoms. The van der Waals surface area contributed by atoms with Gasteiger partial charge >= 0.3 is 0 Å². The number of aryl methyl sites for hydroxylation is 1. The molecule has 0 amide bonds. The molecule has 0 radical (unpaired) electrons. The molecule has 0 fully saturated rings. The first-order valence-electron chi connectivity index (χ1n) is 5.58. The summed E-state index contributed by atoms with van der Waals surface area (Å²) in [6, 6.07) is 4.77. The highest BCUT2D eigenvalue weighted by Gasteiger charge is 2.07. The van der Waals surface area contributed by atoms with Crippen molar-refractivity contribution in [1.82, 2.24) is 9.97 Å². The Hall–Kier alpha value is -1.07. The van der Waals surface area contributed by atoms with Crippen molar-refractivity contribution >= 4 is 28.1 Å². The number of nitrogens with zero attached hydrogens (tertiary/aromatic N) is 1. The molecule has 0 atom stereocenters. The molecular formula is C13H12BrFN2S. The molecule has 0 saturated heterocycles. The van der Waals surface area contributed by atoms with E-state index in [1.165, 1.54) is 6.07 Å². The molecule has 0 aliphatic heterocycles. The zero-order valence-electron chi connectivity index (χ0n) is 10.1. The topological polar surface area (TPSA) is 28.7 Å². The van der Waals surface area contributed by atoms with Crippen LogP contribution in [0.4, 0.5) is 4.39 Å². The number of aromatic nitrogens is 2. The van der Waals surface area contributed by atoms with Crippen molar-refractivity contribution in [1.29, 1.82) is 0 Å². The Morgan fingerprint density at radius 3 is 2.72 bits per heavy atom. The molecule has 2 aromatic rings. The van der Waals surface area contributed by atoms with Crippen molar-refractivity contribution < 1.29 is 4.39 Å². The molecule has 2 rings (SSSR count). The molecule has 0 bridgehead atoms. The predicted octanol–water partition coefficient (Wildman–Crippen LogP) is 4.58. The van der Waals surface area contributed by atoms with E-state index in [1.54, 1.807) is 12.1 Å². The fraction of sp³-hybridized carbons (Fsp3) is 0.231. The number of aromatic amines is 1. The summed E-state index contributed by atoms with van der Waals surface area (Å²) >= 11 is 8.43. The minimum Gasteiger partial charge on any atom is -0.343 e. The molecule has 1 aromatic heterocycles. The van der Waals surface area contributed by atoms with E-state index in [-0.39, 0.29) is 5.82 Å². The van der Waals surface area contributed by atoms with E-state index in [1.807, 2.05) is 13.8 Å². The third-order valence-corrected chi connectivity index (χ3v) is 3.72. The summed E-state index contributed by atoms with van der Waals surface area (Å²) in [4.78, 5) is 7.57. The maximum absolute atomic E-state index is 13.2. The van der Waals surface area contributed by atoms with Gasteiger partial charge in [-0.3, -0.25) is 0 Å². The van der Waals surface area contributed by atoms with Crippen molar-refractivity contribution in [2.24, 2.45) is 0 Å². The summed E-state index contributed by atoms with van der Waals surface area (Å²) in [5.74, 6) is 0.370. The van der Waals surface area contributed by atoms with Crippen molar-refractivity contribution in [3.05, 3.63) is 44.4 Å². The molecule has 0 spiro atoms. The van der Waals surface area contributed by atoms with Gasteiger partial charge in [-0.25, -0.2) is 9.37 Å². The zero-order valence-corrected chi connectivity index (χ0v) is 12.5. The van der Waals surface area contributed by atoms with Crippen LogP contribution in [0.15, 0.2) is 22.7 Å². The lowest BCUT2D eigenvalue weighted by Gasteiger charge is -2.08. The second-order valence-electron chi connectivity index (χ2n) is 3.98. The van der Waals surface area contributed by atoms with Gasteiger partial charge in [-0.2, -0.15) is 0 Å². The van der Waals surface area contributed by atoms with Gasteiger partial charge in [0.15, 0.2) is 0 Å². The molecule has 5 heteroatoms. The highest BCUT2D eigenvalue weighted by atomic mass is 79.9. The minimum absolute atomic E-state index is 0.292.